The van der Waals surface area contributed by atoms with Crippen LogP contribution in [0.1, 0.15) is 39.8 Å². The average molecular weight is 374 g/mol. The molecule has 142 valence electrons. The fourth-order valence-corrected chi connectivity index (χ4v) is 3.59. The highest BCUT2D eigenvalue weighted by Gasteiger charge is 2.25. The Morgan fingerprint density at radius 2 is 1.89 bits per heavy atom. The maximum atomic E-state index is 12.2. The summed E-state index contributed by atoms with van der Waals surface area (Å²) in [5.74, 6) is 1.22. The molecule has 0 bridgehead atoms. The number of ether oxygens (including phenoxy) is 2. The molecule has 0 fully saturated rings. The molecule has 5 nitrogen and oxygen atoms in total. The van der Waals surface area contributed by atoms with Crippen molar-refractivity contribution in [2.75, 3.05) is 6.61 Å². The molecule has 0 unspecified atom stereocenters. The quantitative estimate of drug-likeness (QED) is 0.618. The zero-order valence-electron chi connectivity index (χ0n) is 16.2. The summed E-state index contributed by atoms with van der Waals surface area (Å²) in [4.78, 5) is 20.2. The smallest absolute Gasteiger partial charge is 0.355 e. The van der Waals surface area contributed by atoms with E-state index in [1.54, 1.807) is 6.92 Å². The highest BCUT2D eigenvalue weighted by Crippen LogP contribution is 2.35. The number of hydrogen-bond acceptors (Lipinski definition) is 4. The number of H-pyrrole nitrogens is 1. The molecule has 0 radical (unpaired) electrons. The van der Waals surface area contributed by atoms with Gasteiger partial charge in [0.15, 0.2) is 0 Å². The highest BCUT2D eigenvalue weighted by atomic mass is 16.5. The van der Waals surface area contributed by atoms with Gasteiger partial charge in [-0.15, -0.1) is 0 Å². The summed E-state index contributed by atoms with van der Waals surface area (Å²) in [6.07, 6.45) is 0.725. The van der Waals surface area contributed by atoms with Gasteiger partial charge in [-0.1, -0.05) is 24.3 Å². The number of benzene rings is 2. The second-order valence-electron chi connectivity index (χ2n) is 6.79. The Kier molecular flexibility index (Phi) is 4.74. The zero-order chi connectivity index (χ0) is 19.7. The molecule has 0 saturated heterocycles. The van der Waals surface area contributed by atoms with E-state index in [1.165, 1.54) is 0 Å². The van der Waals surface area contributed by atoms with Crippen molar-refractivity contribution in [1.29, 1.82) is 0 Å². The van der Waals surface area contributed by atoms with Crippen molar-refractivity contribution in [1.82, 2.24) is 4.98 Å². The van der Waals surface area contributed by atoms with Crippen LogP contribution in [0, 0.1) is 13.8 Å². The van der Waals surface area contributed by atoms with Crippen LogP contribution in [0.15, 0.2) is 53.5 Å². The van der Waals surface area contributed by atoms with Gasteiger partial charge >= 0.3 is 5.97 Å². The van der Waals surface area contributed by atoms with Crippen LogP contribution in [0.4, 0.5) is 5.69 Å². The number of aryl methyl sites for hydroxylation is 1. The molecule has 0 atom stereocenters. The van der Waals surface area contributed by atoms with E-state index in [-0.39, 0.29) is 5.97 Å². The van der Waals surface area contributed by atoms with Gasteiger partial charge in [0.2, 0.25) is 0 Å². The number of nitrogens with zero attached hydrogens (tertiary/aromatic N) is 1. The van der Waals surface area contributed by atoms with Crippen LogP contribution in [0.5, 0.6) is 11.5 Å². The van der Waals surface area contributed by atoms with Crippen LogP contribution in [0.3, 0.4) is 0 Å². The van der Waals surface area contributed by atoms with Crippen molar-refractivity contribution in [2.45, 2.75) is 27.2 Å². The predicted octanol–water partition coefficient (Wildman–Crippen LogP) is 5.28. The summed E-state index contributed by atoms with van der Waals surface area (Å²) in [7, 11) is 0. The number of esters is 1. The minimum atomic E-state index is -0.330. The van der Waals surface area contributed by atoms with Crippen molar-refractivity contribution < 1.29 is 14.3 Å². The fourth-order valence-electron chi connectivity index (χ4n) is 3.59. The van der Waals surface area contributed by atoms with Crippen molar-refractivity contribution in [3.63, 3.8) is 0 Å². The SMILES string of the molecule is CCOC(=O)c1[nH]c(C)c(C2=Nc3cc(Oc4ccccc4)ccc3C2)c1C. The third kappa shape index (κ3) is 3.31. The molecule has 3 aromatic rings. The second-order valence-corrected chi connectivity index (χ2v) is 6.79. The van der Waals surface area contributed by atoms with Gasteiger partial charge in [-0.2, -0.15) is 0 Å². The van der Waals surface area contributed by atoms with Gasteiger partial charge in [0.25, 0.3) is 0 Å². The van der Waals surface area contributed by atoms with Gasteiger partial charge in [0.1, 0.15) is 17.2 Å². The fraction of sp³-hybridized carbons (Fsp3) is 0.217. The molecule has 1 aliphatic heterocycles. The molecule has 28 heavy (non-hydrogen) atoms. The number of aromatic nitrogens is 1. The lowest BCUT2D eigenvalue weighted by atomic mass is 10.0. The normalized spacial score (nSPS) is 12.5. The van der Waals surface area contributed by atoms with E-state index in [4.69, 9.17) is 14.5 Å². The monoisotopic (exact) mass is 374 g/mol. The Morgan fingerprint density at radius 1 is 1.11 bits per heavy atom. The lowest BCUT2D eigenvalue weighted by Gasteiger charge is -2.06. The van der Waals surface area contributed by atoms with Crippen molar-refractivity contribution in [2.24, 2.45) is 4.99 Å². The number of nitrogens with one attached hydrogen (secondary N) is 1. The topological polar surface area (TPSA) is 63.7 Å². The van der Waals surface area contributed by atoms with Crippen molar-refractivity contribution in [3.8, 4) is 11.5 Å². The Hall–Kier alpha value is -3.34. The maximum absolute atomic E-state index is 12.2. The second kappa shape index (κ2) is 7.35. The summed E-state index contributed by atoms with van der Waals surface area (Å²) in [6.45, 7) is 6.04. The zero-order valence-corrected chi connectivity index (χ0v) is 16.2. The summed E-state index contributed by atoms with van der Waals surface area (Å²) in [5, 5.41) is 0. The molecule has 5 heteroatoms. The van der Waals surface area contributed by atoms with Crippen molar-refractivity contribution in [3.05, 3.63) is 76.6 Å². The number of fused-ring (bicyclic) bond motifs is 1. The minimum absolute atomic E-state index is 0.330. The summed E-state index contributed by atoms with van der Waals surface area (Å²) >= 11 is 0. The molecule has 4 rings (SSSR count). The molecule has 0 spiro atoms. The van der Waals surface area contributed by atoms with E-state index >= 15 is 0 Å². The molecule has 1 aliphatic rings. The molecule has 1 N–H and O–H groups in total. The number of carbonyl (C=O) groups is 1. The summed E-state index contributed by atoms with van der Waals surface area (Å²) in [6, 6.07) is 15.7. The lowest BCUT2D eigenvalue weighted by Crippen LogP contribution is -2.08. The van der Waals surface area contributed by atoms with Gasteiger partial charge < -0.3 is 14.5 Å². The van der Waals surface area contributed by atoms with Crippen LogP contribution in [0.2, 0.25) is 0 Å². The Bertz CT molecular complexity index is 1060. The first-order chi connectivity index (χ1) is 13.6. The van der Waals surface area contributed by atoms with E-state index < -0.39 is 0 Å². The van der Waals surface area contributed by atoms with Gasteiger partial charge in [-0.05, 0) is 50.1 Å². The number of hydrogen-bond donors (Lipinski definition) is 1. The Morgan fingerprint density at radius 3 is 2.64 bits per heavy atom. The summed E-state index contributed by atoms with van der Waals surface area (Å²) in [5.41, 5.74) is 6.30. The first-order valence-corrected chi connectivity index (χ1v) is 9.37. The first kappa shape index (κ1) is 18.0. The number of aromatic amines is 1. The predicted molar refractivity (Wildman–Crippen MR) is 109 cm³/mol. The third-order valence-corrected chi connectivity index (χ3v) is 4.85. The highest BCUT2D eigenvalue weighted by molar-refractivity contribution is 6.10. The molecule has 0 amide bonds. The Labute approximate surface area is 164 Å². The average Bonchev–Trinajstić information content (AvgIpc) is 3.22. The molecular formula is C23H22N2O3. The number of rotatable bonds is 5. The standard InChI is InChI=1S/C23H22N2O3/c1-4-27-23(26)22-14(2)21(15(3)24-22)20-12-16-10-11-18(13-19(16)25-20)28-17-8-6-5-7-9-17/h5-11,13,24H,4,12H2,1-3H3. The van der Waals surface area contributed by atoms with Crippen LogP contribution < -0.4 is 4.74 Å². The molecular weight excluding hydrogens is 352 g/mol. The molecule has 1 aromatic heterocycles. The maximum Gasteiger partial charge on any atom is 0.355 e. The van der Waals surface area contributed by atoms with Gasteiger partial charge in [-0.25, -0.2) is 4.79 Å². The molecule has 2 heterocycles. The molecule has 0 aliphatic carbocycles. The van der Waals surface area contributed by atoms with E-state index in [0.29, 0.717) is 12.3 Å². The van der Waals surface area contributed by atoms with Crippen LogP contribution >= 0.6 is 0 Å². The van der Waals surface area contributed by atoms with E-state index in [1.807, 2.05) is 62.4 Å². The van der Waals surface area contributed by atoms with E-state index in [9.17, 15) is 4.79 Å². The van der Waals surface area contributed by atoms with Crippen molar-refractivity contribution >= 4 is 17.4 Å². The summed E-state index contributed by atoms with van der Waals surface area (Å²) < 4.78 is 11.1. The third-order valence-electron chi connectivity index (χ3n) is 4.85. The van der Waals surface area contributed by atoms with Gasteiger partial charge in [0, 0.05) is 23.7 Å². The largest absolute Gasteiger partial charge is 0.461 e. The number of para-hydroxylation sites is 1. The van der Waals surface area contributed by atoms with Gasteiger partial charge in [-0.3, -0.25) is 4.99 Å². The lowest BCUT2D eigenvalue weighted by molar-refractivity contribution is 0.0519. The number of carbonyl (C=O) groups excluding carboxylic acids is 1. The van der Waals surface area contributed by atoms with Crippen LogP contribution in [0.25, 0.3) is 0 Å². The van der Waals surface area contributed by atoms with E-state index in [2.05, 4.69) is 4.98 Å². The Balaban J connectivity index is 1.63. The van der Waals surface area contributed by atoms with Crippen LogP contribution in [-0.2, 0) is 11.2 Å². The van der Waals surface area contributed by atoms with Gasteiger partial charge in [0.05, 0.1) is 18.0 Å². The minimum Gasteiger partial charge on any atom is -0.461 e. The first-order valence-electron chi connectivity index (χ1n) is 9.37. The molecule has 0 saturated carbocycles. The van der Waals surface area contributed by atoms with E-state index in [0.717, 1.165) is 51.7 Å². The number of aliphatic imine (C=N–C) groups is 1. The van der Waals surface area contributed by atoms with Crippen LogP contribution in [-0.4, -0.2) is 23.3 Å². The molecule has 2 aromatic carbocycles.